The van der Waals surface area contributed by atoms with Gasteiger partial charge in [0.2, 0.25) is 0 Å². The number of aromatic nitrogens is 2. The minimum atomic E-state index is -0.948. The summed E-state index contributed by atoms with van der Waals surface area (Å²) in [5.74, 6) is -1.25. The number of carbonyl (C=O) groups excluding carboxylic acids is 1. The van der Waals surface area contributed by atoms with Crippen LogP contribution >= 0.6 is 0 Å². The number of likely N-dealkylation sites (tertiary alicyclic amines) is 1. The molecule has 1 aromatic carbocycles. The summed E-state index contributed by atoms with van der Waals surface area (Å²) in [6.07, 6.45) is 2.16. The van der Waals surface area contributed by atoms with Crippen LogP contribution in [0.25, 0.3) is 11.3 Å². The molecule has 6 heteroatoms. The molecule has 0 radical (unpaired) electrons. The van der Waals surface area contributed by atoms with Crippen molar-refractivity contribution in [2.24, 2.45) is 0 Å². The van der Waals surface area contributed by atoms with Crippen LogP contribution in [-0.4, -0.2) is 44.7 Å². The summed E-state index contributed by atoms with van der Waals surface area (Å²) in [6, 6.07) is 8.79. The molecule has 0 spiro atoms. The zero-order chi connectivity index (χ0) is 16.4. The predicted octanol–water partition coefficient (Wildman–Crippen LogP) is 2.46. The van der Waals surface area contributed by atoms with E-state index in [0.717, 1.165) is 24.0 Å². The highest BCUT2D eigenvalue weighted by atomic mass is 16.4. The van der Waals surface area contributed by atoms with Crippen molar-refractivity contribution in [1.82, 2.24) is 15.1 Å². The Morgan fingerprint density at radius 2 is 2.00 bits per heavy atom. The van der Waals surface area contributed by atoms with Crippen LogP contribution in [-0.2, 0) is 4.79 Å². The number of benzene rings is 1. The van der Waals surface area contributed by atoms with Crippen molar-refractivity contribution in [3.8, 4) is 11.3 Å². The standard InChI is InChI=1S/C17H19N3O3/c1-11-5-7-12(8-6-11)13-10-14(19-18-13)16(21)20-9-3-2-4-15(20)17(22)23/h5-8,10,15H,2-4,9H2,1H3,(H,18,19)(H,22,23). The van der Waals surface area contributed by atoms with Crippen molar-refractivity contribution in [3.63, 3.8) is 0 Å². The van der Waals surface area contributed by atoms with Gasteiger partial charge in [0.1, 0.15) is 11.7 Å². The van der Waals surface area contributed by atoms with E-state index in [1.807, 2.05) is 31.2 Å². The Balaban J connectivity index is 1.83. The molecule has 1 unspecified atom stereocenters. The second-order valence-electron chi connectivity index (χ2n) is 5.88. The zero-order valence-electron chi connectivity index (χ0n) is 13.0. The number of carboxylic acid groups (broad SMARTS) is 1. The van der Waals surface area contributed by atoms with Gasteiger partial charge in [-0.05, 0) is 32.3 Å². The quantitative estimate of drug-likeness (QED) is 0.911. The molecular formula is C17H19N3O3. The molecule has 0 bridgehead atoms. The molecule has 1 saturated heterocycles. The van der Waals surface area contributed by atoms with Gasteiger partial charge in [0.05, 0.1) is 5.69 Å². The molecule has 120 valence electrons. The summed E-state index contributed by atoms with van der Waals surface area (Å²) in [4.78, 5) is 25.4. The van der Waals surface area contributed by atoms with Crippen molar-refractivity contribution >= 4 is 11.9 Å². The Morgan fingerprint density at radius 1 is 1.26 bits per heavy atom. The fourth-order valence-corrected chi connectivity index (χ4v) is 2.89. The topological polar surface area (TPSA) is 86.3 Å². The Kier molecular flexibility index (Phi) is 4.14. The number of hydrogen-bond donors (Lipinski definition) is 2. The first-order chi connectivity index (χ1) is 11.1. The van der Waals surface area contributed by atoms with E-state index >= 15 is 0 Å². The number of hydrogen-bond acceptors (Lipinski definition) is 3. The molecule has 1 aromatic heterocycles. The average molecular weight is 313 g/mol. The third-order valence-electron chi connectivity index (χ3n) is 4.20. The van der Waals surface area contributed by atoms with E-state index in [4.69, 9.17) is 0 Å². The van der Waals surface area contributed by atoms with E-state index in [0.29, 0.717) is 24.4 Å². The highest BCUT2D eigenvalue weighted by Gasteiger charge is 2.33. The molecule has 1 atom stereocenters. The SMILES string of the molecule is Cc1ccc(-c2cc(C(=O)N3CCCCC3C(=O)O)[nH]n2)cc1. The first-order valence-corrected chi connectivity index (χ1v) is 7.72. The van der Waals surface area contributed by atoms with Crippen molar-refractivity contribution in [3.05, 3.63) is 41.6 Å². The van der Waals surface area contributed by atoms with E-state index in [1.165, 1.54) is 4.90 Å². The second-order valence-corrected chi connectivity index (χ2v) is 5.88. The molecule has 2 heterocycles. The second kappa shape index (κ2) is 6.24. The lowest BCUT2D eigenvalue weighted by molar-refractivity contribution is -0.143. The Hall–Kier alpha value is -2.63. The van der Waals surface area contributed by atoms with Gasteiger partial charge in [-0.2, -0.15) is 5.10 Å². The van der Waals surface area contributed by atoms with E-state index in [-0.39, 0.29) is 5.91 Å². The summed E-state index contributed by atoms with van der Waals surface area (Å²) < 4.78 is 0. The number of aryl methyl sites for hydroxylation is 1. The number of amides is 1. The maximum Gasteiger partial charge on any atom is 0.326 e. The van der Waals surface area contributed by atoms with E-state index in [2.05, 4.69) is 10.2 Å². The van der Waals surface area contributed by atoms with Crippen molar-refractivity contribution in [1.29, 1.82) is 0 Å². The number of aromatic amines is 1. The Bertz CT molecular complexity index is 721. The molecular weight excluding hydrogens is 294 g/mol. The zero-order valence-corrected chi connectivity index (χ0v) is 13.0. The lowest BCUT2D eigenvalue weighted by atomic mass is 10.0. The molecule has 1 aliphatic rings. The summed E-state index contributed by atoms with van der Waals surface area (Å²) in [6.45, 7) is 2.47. The number of carbonyl (C=O) groups is 2. The first-order valence-electron chi connectivity index (χ1n) is 7.72. The van der Waals surface area contributed by atoms with Crippen LogP contribution in [0.5, 0.6) is 0 Å². The van der Waals surface area contributed by atoms with Gasteiger partial charge in [-0.3, -0.25) is 9.89 Å². The van der Waals surface area contributed by atoms with Gasteiger partial charge in [0, 0.05) is 12.1 Å². The molecule has 6 nitrogen and oxygen atoms in total. The maximum atomic E-state index is 12.6. The summed E-state index contributed by atoms with van der Waals surface area (Å²) in [5.41, 5.74) is 3.07. The van der Waals surface area contributed by atoms with Crippen LogP contribution in [0, 0.1) is 6.92 Å². The van der Waals surface area contributed by atoms with Crippen molar-refractivity contribution < 1.29 is 14.7 Å². The number of piperidine rings is 1. The molecule has 0 aliphatic carbocycles. The highest BCUT2D eigenvalue weighted by molar-refractivity contribution is 5.96. The number of nitrogens with one attached hydrogen (secondary N) is 1. The highest BCUT2D eigenvalue weighted by Crippen LogP contribution is 2.22. The van der Waals surface area contributed by atoms with Gasteiger partial charge in [-0.25, -0.2) is 4.79 Å². The molecule has 1 aliphatic heterocycles. The molecule has 1 amide bonds. The molecule has 0 saturated carbocycles. The van der Waals surface area contributed by atoms with Crippen molar-refractivity contribution in [2.75, 3.05) is 6.54 Å². The predicted molar refractivity (Wildman–Crippen MR) is 85.1 cm³/mol. The fraction of sp³-hybridized carbons (Fsp3) is 0.353. The van der Waals surface area contributed by atoms with Crippen LogP contribution in [0.15, 0.2) is 30.3 Å². The fourth-order valence-electron chi connectivity index (χ4n) is 2.89. The van der Waals surface area contributed by atoms with Gasteiger partial charge < -0.3 is 10.0 Å². The van der Waals surface area contributed by atoms with Crippen LogP contribution in [0.2, 0.25) is 0 Å². The Morgan fingerprint density at radius 3 is 2.70 bits per heavy atom. The summed E-state index contributed by atoms with van der Waals surface area (Å²) >= 11 is 0. The molecule has 3 rings (SSSR count). The number of nitrogens with zero attached hydrogens (tertiary/aromatic N) is 2. The minimum absolute atomic E-state index is 0.303. The van der Waals surface area contributed by atoms with Gasteiger partial charge in [-0.15, -0.1) is 0 Å². The number of carboxylic acids is 1. The lowest BCUT2D eigenvalue weighted by Crippen LogP contribution is -2.48. The van der Waals surface area contributed by atoms with Gasteiger partial charge in [-0.1, -0.05) is 29.8 Å². The number of H-pyrrole nitrogens is 1. The van der Waals surface area contributed by atoms with Gasteiger partial charge in [0.25, 0.3) is 5.91 Å². The normalized spacial score (nSPS) is 18.0. The summed E-state index contributed by atoms with van der Waals surface area (Å²) in [7, 11) is 0. The number of aliphatic carboxylic acids is 1. The van der Waals surface area contributed by atoms with E-state index in [9.17, 15) is 14.7 Å². The summed E-state index contributed by atoms with van der Waals surface area (Å²) in [5, 5.41) is 16.2. The molecule has 2 aromatic rings. The Labute approximate surface area is 134 Å². The van der Waals surface area contributed by atoms with E-state index in [1.54, 1.807) is 6.07 Å². The average Bonchev–Trinajstić information content (AvgIpc) is 3.04. The first kappa shape index (κ1) is 15.3. The maximum absolute atomic E-state index is 12.6. The van der Waals surface area contributed by atoms with Gasteiger partial charge >= 0.3 is 5.97 Å². The molecule has 1 fully saturated rings. The molecule has 23 heavy (non-hydrogen) atoms. The van der Waals surface area contributed by atoms with Crippen molar-refractivity contribution in [2.45, 2.75) is 32.2 Å². The largest absolute Gasteiger partial charge is 0.480 e. The lowest BCUT2D eigenvalue weighted by Gasteiger charge is -2.32. The van der Waals surface area contributed by atoms with E-state index < -0.39 is 12.0 Å². The third-order valence-corrected chi connectivity index (χ3v) is 4.20. The van der Waals surface area contributed by atoms with Crippen LogP contribution in [0.1, 0.15) is 35.3 Å². The van der Waals surface area contributed by atoms with Crippen LogP contribution < -0.4 is 0 Å². The molecule has 2 N–H and O–H groups in total. The third kappa shape index (κ3) is 3.11. The smallest absolute Gasteiger partial charge is 0.326 e. The van der Waals surface area contributed by atoms with Crippen LogP contribution in [0.4, 0.5) is 0 Å². The minimum Gasteiger partial charge on any atom is -0.480 e. The van der Waals surface area contributed by atoms with Gasteiger partial charge in [0.15, 0.2) is 0 Å². The van der Waals surface area contributed by atoms with Crippen LogP contribution in [0.3, 0.4) is 0 Å². The number of rotatable bonds is 3. The monoisotopic (exact) mass is 313 g/mol.